The summed E-state index contributed by atoms with van der Waals surface area (Å²) in [5.41, 5.74) is -0.213. The minimum atomic E-state index is -3.16. The fourth-order valence-corrected chi connectivity index (χ4v) is 9.22. The fourth-order valence-electron chi connectivity index (χ4n) is 6.30. The van der Waals surface area contributed by atoms with Gasteiger partial charge in [0.25, 0.3) is 0 Å². The summed E-state index contributed by atoms with van der Waals surface area (Å²) in [4.78, 5) is 0. The standard InChI is InChI=1S/C34H70O8Si/c1-7-13-14-15-16-17-18-21-26-39-34(33(8-2,9-3)10-4,24-20-19-23-31(36)28-35)42-43(40-11-5,41-12-6)27-22-25-37-29-32-30-38-32/h31-32,35-36H,7-30H2,1-6H3. The monoisotopic (exact) mass is 634 g/mol. The normalized spacial score (nSPS) is 17.7. The maximum absolute atomic E-state index is 10.0. The van der Waals surface area contributed by atoms with Crippen LogP contribution in [0.4, 0.5) is 0 Å². The first-order valence-electron chi connectivity index (χ1n) is 18.0. The van der Waals surface area contributed by atoms with Gasteiger partial charge in [-0.15, -0.1) is 0 Å². The molecule has 1 fully saturated rings. The van der Waals surface area contributed by atoms with Gasteiger partial charge in [0.15, 0.2) is 5.79 Å². The van der Waals surface area contributed by atoms with Gasteiger partial charge in [-0.25, -0.2) is 0 Å². The molecule has 9 heteroatoms. The summed E-state index contributed by atoms with van der Waals surface area (Å²) in [6.07, 6.45) is 15.9. The Morgan fingerprint density at radius 1 is 0.791 bits per heavy atom. The number of rotatable bonds is 32. The molecule has 3 unspecified atom stereocenters. The molecule has 0 aromatic carbocycles. The second kappa shape index (κ2) is 24.1. The molecule has 0 saturated carbocycles. The Morgan fingerprint density at radius 3 is 1.93 bits per heavy atom. The highest BCUT2D eigenvalue weighted by atomic mass is 28.4. The molecule has 258 valence electrons. The van der Waals surface area contributed by atoms with Crippen LogP contribution in [0.25, 0.3) is 0 Å². The van der Waals surface area contributed by atoms with Gasteiger partial charge in [0.2, 0.25) is 0 Å². The molecule has 0 bridgehead atoms. The summed E-state index contributed by atoms with van der Waals surface area (Å²) in [7, 11) is -3.16. The molecule has 0 amide bonds. The van der Waals surface area contributed by atoms with E-state index >= 15 is 0 Å². The van der Waals surface area contributed by atoms with Gasteiger partial charge >= 0.3 is 8.80 Å². The number of ether oxygens (including phenoxy) is 3. The van der Waals surface area contributed by atoms with E-state index in [2.05, 4.69) is 27.7 Å². The molecule has 0 aliphatic carbocycles. The van der Waals surface area contributed by atoms with Crippen molar-refractivity contribution in [1.82, 2.24) is 0 Å². The zero-order valence-electron chi connectivity index (χ0n) is 29.0. The van der Waals surface area contributed by atoms with E-state index in [-0.39, 0.29) is 18.1 Å². The molecule has 0 aromatic heterocycles. The summed E-state index contributed by atoms with van der Waals surface area (Å²) < 4.78 is 38.6. The van der Waals surface area contributed by atoms with Crippen molar-refractivity contribution in [2.24, 2.45) is 5.41 Å². The van der Waals surface area contributed by atoms with E-state index in [1.54, 1.807) is 0 Å². The maximum atomic E-state index is 10.0. The van der Waals surface area contributed by atoms with Crippen LogP contribution in [0.5, 0.6) is 0 Å². The number of aliphatic hydroxyl groups is 2. The predicted octanol–water partition coefficient (Wildman–Crippen LogP) is 7.80. The summed E-state index contributed by atoms with van der Waals surface area (Å²) in [6.45, 7) is 16.5. The van der Waals surface area contributed by atoms with Crippen molar-refractivity contribution in [2.75, 3.05) is 46.2 Å². The molecule has 3 atom stereocenters. The number of unbranched alkanes of at least 4 members (excludes halogenated alkanes) is 8. The van der Waals surface area contributed by atoms with Gasteiger partial charge in [-0.3, -0.25) is 0 Å². The van der Waals surface area contributed by atoms with Crippen LogP contribution < -0.4 is 0 Å². The quantitative estimate of drug-likeness (QED) is 0.0335. The predicted molar refractivity (Wildman–Crippen MR) is 176 cm³/mol. The van der Waals surface area contributed by atoms with Crippen LogP contribution in [-0.2, 0) is 27.5 Å². The summed E-state index contributed by atoms with van der Waals surface area (Å²) in [6, 6.07) is 0.666. The second-order valence-electron chi connectivity index (χ2n) is 12.3. The molecule has 43 heavy (non-hydrogen) atoms. The minimum absolute atomic E-state index is 0.209. The first kappa shape index (κ1) is 40.9. The van der Waals surface area contributed by atoms with Crippen LogP contribution in [-0.4, -0.2) is 83.3 Å². The van der Waals surface area contributed by atoms with Crippen LogP contribution in [0.15, 0.2) is 0 Å². The van der Waals surface area contributed by atoms with E-state index in [9.17, 15) is 10.2 Å². The summed E-state index contributed by atoms with van der Waals surface area (Å²) in [5.74, 6) is -0.865. The van der Waals surface area contributed by atoms with Crippen LogP contribution >= 0.6 is 0 Å². The van der Waals surface area contributed by atoms with Crippen molar-refractivity contribution >= 4 is 8.80 Å². The molecule has 2 N–H and O–H groups in total. The van der Waals surface area contributed by atoms with E-state index in [1.807, 2.05) is 13.8 Å². The first-order valence-corrected chi connectivity index (χ1v) is 19.9. The molecule has 0 aromatic rings. The van der Waals surface area contributed by atoms with Crippen LogP contribution in [0.3, 0.4) is 0 Å². The third kappa shape index (κ3) is 15.4. The lowest BCUT2D eigenvalue weighted by Gasteiger charge is -2.52. The molecule has 1 saturated heterocycles. The van der Waals surface area contributed by atoms with E-state index in [0.717, 1.165) is 58.0 Å². The Kier molecular flexibility index (Phi) is 23.0. The molecule has 1 aliphatic rings. The minimum Gasteiger partial charge on any atom is -0.394 e. The van der Waals surface area contributed by atoms with E-state index in [1.165, 1.54) is 38.5 Å². The van der Waals surface area contributed by atoms with Crippen molar-refractivity contribution < 1.29 is 37.7 Å². The largest absolute Gasteiger partial charge is 0.503 e. The first-order chi connectivity index (χ1) is 20.9. The van der Waals surface area contributed by atoms with Crippen molar-refractivity contribution in [1.29, 1.82) is 0 Å². The zero-order chi connectivity index (χ0) is 31.9. The van der Waals surface area contributed by atoms with Crippen molar-refractivity contribution in [3.63, 3.8) is 0 Å². The third-order valence-electron chi connectivity index (χ3n) is 9.20. The number of epoxide rings is 1. The third-order valence-corrected chi connectivity index (χ3v) is 12.3. The maximum Gasteiger partial charge on any atom is 0.503 e. The molecule has 1 rings (SSSR count). The molecular weight excluding hydrogens is 564 g/mol. The fraction of sp³-hybridized carbons (Fsp3) is 1.00. The van der Waals surface area contributed by atoms with Gasteiger partial charge < -0.3 is 37.7 Å². The summed E-state index contributed by atoms with van der Waals surface area (Å²) >= 11 is 0. The van der Waals surface area contributed by atoms with Crippen molar-refractivity contribution in [3.05, 3.63) is 0 Å². The molecule has 8 nitrogen and oxygen atoms in total. The molecular formula is C34H70O8Si. The molecule has 0 radical (unpaired) electrons. The zero-order valence-corrected chi connectivity index (χ0v) is 30.0. The van der Waals surface area contributed by atoms with E-state index in [4.69, 9.17) is 27.5 Å². The van der Waals surface area contributed by atoms with Crippen molar-refractivity contribution in [2.45, 2.75) is 168 Å². The Bertz CT molecular complexity index is 632. The SMILES string of the molecule is CCCCCCCCCCOC(CCCCC(O)CO)(O[Si](CCCOCC1CO1)(OCC)OCC)C(CC)(CC)CC. The average Bonchev–Trinajstić information content (AvgIpc) is 3.84. The highest BCUT2D eigenvalue weighted by Crippen LogP contribution is 2.50. The van der Waals surface area contributed by atoms with Crippen LogP contribution in [0, 0.1) is 5.41 Å². The topological polar surface area (TPSA) is 99.1 Å². The van der Waals surface area contributed by atoms with Gasteiger partial charge in [-0.05, 0) is 58.8 Å². The lowest BCUT2D eigenvalue weighted by Crippen LogP contribution is -2.61. The van der Waals surface area contributed by atoms with Gasteiger partial charge in [0, 0.05) is 37.7 Å². The van der Waals surface area contributed by atoms with Crippen LogP contribution in [0.2, 0.25) is 6.04 Å². The smallest absolute Gasteiger partial charge is 0.394 e. The highest BCUT2D eigenvalue weighted by molar-refractivity contribution is 6.60. The highest BCUT2D eigenvalue weighted by Gasteiger charge is 2.57. The van der Waals surface area contributed by atoms with Crippen molar-refractivity contribution in [3.8, 4) is 0 Å². The van der Waals surface area contributed by atoms with E-state index < -0.39 is 20.7 Å². The summed E-state index contributed by atoms with van der Waals surface area (Å²) in [5, 5.41) is 19.4. The van der Waals surface area contributed by atoms with Gasteiger partial charge in [0.1, 0.15) is 6.10 Å². The van der Waals surface area contributed by atoms with Gasteiger partial charge in [0.05, 0.1) is 32.5 Å². The van der Waals surface area contributed by atoms with E-state index in [0.29, 0.717) is 51.9 Å². The van der Waals surface area contributed by atoms with Crippen LogP contribution in [0.1, 0.15) is 144 Å². The Balaban J connectivity index is 3.20. The Labute approximate surface area is 266 Å². The van der Waals surface area contributed by atoms with Gasteiger partial charge in [-0.1, -0.05) is 79.1 Å². The lowest BCUT2D eigenvalue weighted by atomic mass is 9.70. The average molecular weight is 635 g/mol. The Morgan fingerprint density at radius 2 is 1.40 bits per heavy atom. The number of hydrogen-bond acceptors (Lipinski definition) is 8. The second-order valence-corrected chi connectivity index (χ2v) is 14.9. The molecule has 0 spiro atoms. The number of aliphatic hydroxyl groups excluding tert-OH is 2. The van der Waals surface area contributed by atoms with Gasteiger partial charge in [-0.2, -0.15) is 0 Å². The molecule has 1 aliphatic heterocycles. The molecule has 1 heterocycles. The number of hydrogen-bond donors (Lipinski definition) is 2. The Hall–Kier alpha value is -0.103. The lowest BCUT2D eigenvalue weighted by molar-refractivity contribution is -0.285.